The molecule has 0 aliphatic rings. The summed E-state index contributed by atoms with van der Waals surface area (Å²) in [5.41, 5.74) is 0. The van der Waals surface area contributed by atoms with Gasteiger partial charge >= 0.3 is 23.9 Å². The van der Waals surface area contributed by atoms with E-state index < -0.39 is 27.0 Å². The van der Waals surface area contributed by atoms with E-state index in [4.69, 9.17) is 10.2 Å². The lowest BCUT2D eigenvalue weighted by atomic mass is 9.93. The molecule has 0 aromatic rings. The standard InChI is InChI=1S/2C7H11BrO4/c1-11-6(9)4-3-5(8)7(10)12-2;1-4(3-5(9)10)7(2,8)6(11)12/h5H,3-4H2,1-2H3;4H,3H2,1-2H3,(H,9,10)(H,11,12)/t5-;4?,7-/m11/s1. The lowest BCUT2D eigenvalue weighted by molar-refractivity contribution is -0.144. The average molecular weight is 478 g/mol. The molecule has 0 amide bonds. The fourth-order valence-corrected chi connectivity index (χ4v) is 1.83. The van der Waals surface area contributed by atoms with Gasteiger partial charge in [-0.25, -0.2) is 0 Å². The summed E-state index contributed by atoms with van der Waals surface area (Å²) in [6.07, 6.45) is 0.439. The van der Waals surface area contributed by atoms with E-state index in [2.05, 4.69) is 41.3 Å². The number of esters is 2. The first-order valence-corrected chi connectivity index (χ1v) is 8.53. The van der Waals surface area contributed by atoms with Gasteiger partial charge in [0.1, 0.15) is 9.15 Å². The van der Waals surface area contributed by atoms with Crippen LogP contribution in [0.2, 0.25) is 0 Å². The van der Waals surface area contributed by atoms with E-state index in [1.165, 1.54) is 21.1 Å². The van der Waals surface area contributed by atoms with Crippen molar-refractivity contribution in [1.82, 2.24) is 0 Å². The monoisotopic (exact) mass is 476 g/mol. The van der Waals surface area contributed by atoms with Crippen molar-refractivity contribution in [3.63, 3.8) is 0 Å². The molecule has 1 unspecified atom stereocenters. The van der Waals surface area contributed by atoms with Crippen molar-refractivity contribution in [2.24, 2.45) is 5.92 Å². The predicted molar refractivity (Wildman–Crippen MR) is 92.4 cm³/mol. The number of hydrogen-bond acceptors (Lipinski definition) is 6. The van der Waals surface area contributed by atoms with Crippen molar-refractivity contribution in [1.29, 1.82) is 0 Å². The largest absolute Gasteiger partial charge is 0.481 e. The zero-order valence-electron chi connectivity index (χ0n) is 13.9. The molecule has 2 N–H and O–H groups in total. The summed E-state index contributed by atoms with van der Waals surface area (Å²) >= 11 is 6.06. The van der Waals surface area contributed by atoms with E-state index in [1.807, 2.05) is 0 Å². The quantitative estimate of drug-likeness (QED) is 0.402. The number of halogens is 2. The Balaban J connectivity index is 0. The van der Waals surface area contributed by atoms with Crippen LogP contribution in [0.25, 0.3) is 0 Å². The number of carboxylic acid groups (broad SMARTS) is 2. The predicted octanol–water partition coefficient (Wildman–Crippen LogP) is 2.21. The van der Waals surface area contributed by atoms with Crippen molar-refractivity contribution >= 4 is 55.7 Å². The molecule has 0 heterocycles. The third-order valence-electron chi connectivity index (χ3n) is 3.11. The number of aliphatic carboxylic acids is 2. The number of methoxy groups -OCH3 is 2. The number of alkyl halides is 2. The molecular weight excluding hydrogens is 456 g/mol. The normalized spacial score (nSPS) is 14.9. The van der Waals surface area contributed by atoms with Gasteiger partial charge in [0.25, 0.3) is 0 Å². The highest BCUT2D eigenvalue weighted by atomic mass is 79.9. The van der Waals surface area contributed by atoms with Crippen molar-refractivity contribution in [2.45, 2.75) is 42.3 Å². The van der Waals surface area contributed by atoms with Crippen LogP contribution in [0.15, 0.2) is 0 Å². The first-order valence-electron chi connectivity index (χ1n) is 6.82. The topological polar surface area (TPSA) is 127 Å². The van der Waals surface area contributed by atoms with Crippen LogP contribution in [0.1, 0.15) is 33.1 Å². The minimum Gasteiger partial charge on any atom is -0.481 e. The highest BCUT2D eigenvalue weighted by Gasteiger charge is 2.37. The third kappa shape index (κ3) is 10.6. The number of ether oxygens (including phenoxy) is 2. The molecule has 0 saturated heterocycles. The Hall–Kier alpha value is -1.16. The molecular formula is C14H22Br2O8. The van der Waals surface area contributed by atoms with Crippen LogP contribution in [0.3, 0.4) is 0 Å². The third-order valence-corrected chi connectivity index (χ3v) is 5.06. The minimum absolute atomic E-state index is 0.159. The van der Waals surface area contributed by atoms with Crippen LogP contribution >= 0.6 is 31.9 Å². The van der Waals surface area contributed by atoms with Gasteiger partial charge < -0.3 is 19.7 Å². The summed E-state index contributed by atoms with van der Waals surface area (Å²) in [6.45, 7) is 3.03. The van der Waals surface area contributed by atoms with Gasteiger partial charge in [-0.2, -0.15) is 0 Å². The molecule has 0 rings (SSSR count). The van der Waals surface area contributed by atoms with Gasteiger partial charge in [-0.15, -0.1) is 0 Å². The number of carbonyl (C=O) groups excluding carboxylic acids is 2. The average Bonchev–Trinajstić information content (AvgIpc) is 2.50. The molecule has 24 heavy (non-hydrogen) atoms. The molecule has 8 nitrogen and oxygen atoms in total. The van der Waals surface area contributed by atoms with E-state index in [-0.39, 0.29) is 24.8 Å². The Kier molecular flexibility index (Phi) is 12.8. The summed E-state index contributed by atoms with van der Waals surface area (Å²) < 4.78 is 7.68. The molecule has 3 atom stereocenters. The van der Waals surface area contributed by atoms with E-state index in [0.717, 1.165) is 0 Å². The Labute approximate surface area is 157 Å². The molecule has 0 aromatic carbocycles. The minimum atomic E-state index is -1.16. The SMILES string of the molecule is CC(CC(=O)O)[C@@](C)(Br)C(=O)O.COC(=O)CC[C@@H](Br)C(=O)OC. The van der Waals surface area contributed by atoms with E-state index in [9.17, 15) is 19.2 Å². The summed E-state index contributed by atoms with van der Waals surface area (Å²) in [6, 6.07) is 0. The summed E-state index contributed by atoms with van der Waals surface area (Å²) in [5.74, 6) is -3.19. The van der Waals surface area contributed by atoms with Crippen molar-refractivity contribution in [3.8, 4) is 0 Å². The smallest absolute Gasteiger partial charge is 0.320 e. The van der Waals surface area contributed by atoms with Crippen LogP contribution in [0.4, 0.5) is 0 Å². The van der Waals surface area contributed by atoms with Crippen LogP contribution in [0, 0.1) is 5.92 Å². The van der Waals surface area contributed by atoms with E-state index in [1.54, 1.807) is 6.92 Å². The van der Waals surface area contributed by atoms with E-state index >= 15 is 0 Å². The van der Waals surface area contributed by atoms with Gasteiger partial charge in [-0.1, -0.05) is 38.8 Å². The summed E-state index contributed by atoms with van der Waals surface area (Å²) in [4.78, 5) is 41.9. The maximum Gasteiger partial charge on any atom is 0.320 e. The van der Waals surface area contributed by atoms with Crippen molar-refractivity contribution in [3.05, 3.63) is 0 Å². The molecule has 0 aliphatic heterocycles. The van der Waals surface area contributed by atoms with Gasteiger partial charge in [-0.05, 0) is 19.3 Å². The second-order valence-electron chi connectivity index (χ2n) is 4.99. The molecule has 0 bridgehead atoms. The summed E-state index contributed by atoms with van der Waals surface area (Å²) in [7, 11) is 2.61. The zero-order chi connectivity index (χ0) is 19.5. The molecule has 0 saturated carbocycles. The molecule has 0 fully saturated rings. The number of rotatable bonds is 8. The Morgan fingerprint density at radius 2 is 1.62 bits per heavy atom. The molecule has 10 heteroatoms. The first-order chi connectivity index (χ1) is 10.9. The molecule has 0 spiro atoms. The van der Waals surface area contributed by atoms with Crippen LogP contribution in [-0.4, -0.2) is 57.5 Å². The molecule has 0 aliphatic carbocycles. The fourth-order valence-electron chi connectivity index (χ4n) is 1.26. The van der Waals surface area contributed by atoms with Gasteiger partial charge in [0.15, 0.2) is 0 Å². The molecule has 0 radical (unpaired) electrons. The zero-order valence-corrected chi connectivity index (χ0v) is 17.0. The van der Waals surface area contributed by atoms with Crippen LogP contribution in [0.5, 0.6) is 0 Å². The maximum atomic E-state index is 10.8. The Morgan fingerprint density at radius 3 is 1.96 bits per heavy atom. The second kappa shape index (κ2) is 12.2. The van der Waals surface area contributed by atoms with Crippen LogP contribution in [-0.2, 0) is 28.7 Å². The Bertz CT molecular complexity index is 450. The number of carboxylic acids is 2. The van der Waals surface area contributed by atoms with Gasteiger partial charge in [-0.3, -0.25) is 19.2 Å². The van der Waals surface area contributed by atoms with Crippen molar-refractivity contribution in [2.75, 3.05) is 14.2 Å². The number of hydrogen-bond donors (Lipinski definition) is 2. The van der Waals surface area contributed by atoms with Gasteiger partial charge in [0.05, 0.1) is 14.2 Å². The summed E-state index contributed by atoms with van der Waals surface area (Å²) in [5, 5.41) is 17.1. The van der Waals surface area contributed by atoms with Gasteiger partial charge in [0.2, 0.25) is 0 Å². The van der Waals surface area contributed by atoms with Crippen LogP contribution < -0.4 is 0 Å². The van der Waals surface area contributed by atoms with Gasteiger partial charge in [0, 0.05) is 12.8 Å². The lowest BCUT2D eigenvalue weighted by Crippen LogP contribution is -2.36. The lowest BCUT2D eigenvalue weighted by Gasteiger charge is -2.23. The van der Waals surface area contributed by atoms with E-state index in [0.29, 0.717) is 6.42 Å². The second-order valence-corrected chi connectivity index (χ2v) is 7.74. The fraction of sp³-hybridized carbons (Fsp3) is 0.714. The maximum absolute atomic E-state index is 10.8. The highest BCUT2D eigenvalue weighted by Crippen LogP contribution is 2.29. The first kappa shape index (κ1) is 25.1. The van der Waals surface area contributed by atoms with Crippen molar-refractivity contribution < 1.29 is 38.9 Å². The molecule has 140 valence electrons. The molecule has 0 aromatic heterocycles. The highest BCUT2D eigenvalue weighted by molar-refractivity contribution is 9.10. The Morgan fingerprint density at radius 1 is 1.12 bits per heavy atom. The number of carbonyl (C=O) groups is 4.